The van der Waals surface area contributed by atoms with E-state index in [0.29, 0.717) is 0 Å². The van der Waals surface area contributed by atoms with Gasteiger partial charge in [-0.25, -0.2) is 0 Å². The monoisotopic (exact) mass is 115 g/mol. The van der Waals surface area contributed by atoms with E-state index in [1.54, 1.807) is 0 Å². The lowest BCUT2D eigenvalue weighted by molar-refractivity contribution is 0.464. The number of rotatable bonds is 0. The minimum absolute atomic E-state index is 1.03. The van der Waals surface area contributed by atoms with Crippen LogP contribution in [-0.2, 0) is 0 Å². The van der Waals surface area contributed by atoms with Gasteiger partial charge in [-0.15, -0.1) is 0 Å². The van der Waals surface area contributed by atoms with Crippen molar-refractivity contribution in [3.05, 3.63) is 0 Å². The highest BCUT2D eigenvalue weighted by atomic mass is 15.4. The van der Waals surface area contributed by atoms with Gasteiger partial charge < -0.3 is 5.32 Å². The van der Waals surface area contributed by atoms with Crippen LogP contribution in [-0.4, -0.2) is 26.2 Å². The Morgan fingerprint density at radius 2 is 1.62 bits per heavy atom. The van der Waals surface area contributed by atoms with Gasteiger partial charge in [0.1, 0.15) is 0 Å². The molecule has 3 N–H and O–H groups in total. The summed E-state index contributed by atoms with van der Waals surface area (Å²) in [7, 11) is 0. The van der Waals surface area contributed by atoms with Crippen LogP contribution in [0.1, 0.15) is 6.42 Å². The minimum Gasteiger partial charge on any atom is -0.315 e. The Bertz CT molecular complexity index is 31.6. The lowest BCUT2D eigenvalue weighted by Gasteiger charge is -2.11. The van der Waals surface area contributed by atoms with E-state index in [1.165, 1.54) is 6.42 Å². The fourth-order valence-corrected chi connectivity index (χ4v) is 0.754. The van der Waals surface area contributed by atoms with Gasteiger partial charge in [0.15, 0.2) is 0 Å². The molecule has 1 saturated heterocycles. The van der Waals surface area contributed by atoms with Gasteiger partial charge in [0.2, 0.25) is 0 Å². The van der Waals surface area contributed by atoms with Crippen LogP contribution in [0, 0.1) is 0 Å². The maximum atomic E-state index is 3.28. The number of hydrogen-bond donors (Lipinski definition) is 3. The van der Waals surface area contributed by atoms with Crippen LogP contribution < -0.4 is 16.2 Å². The minimum atomic E-state index is 1.03. The largest absolute Gasteiger partial charge is 0.315 e. The molecule has 0 aromatic heterocycles. The van der Waals surface area contributed by atoms with Gasteiger partial charge in [-0.3, -0.25) is 10.9 Å². The molecule has 0 bridgehead atoms. The van der Waals surface area contributed by atoms with Crippen molar-refractivity contribution in [1.29, 1.82) is 0 Å². The van der Waals surface area contributed by atoms with E-state index in [4.69, 9.17) is 0 Å². The zero-order valence-electron chi connectivity index (χ0n) is 5.04. The predicted molar refractivity (Wildman–Crippen MR) is 33.5 cm³/mol. The molecular formula is C5H13N3. The average molecular weight is 115 g/mol. The molecule has 0 aromatic rings. The zero-order chi connectivity index (χ0) is 5.66. The van der Waals surface area contributed by atoms with E-state index in [2.05, 4.69) is 16.2 Å². The fraction of sp³-hybridized carbons (Fsp3) is 1.00. The summed E-state index contributed by atoms with van der Waals surface area (Å²) in [6.07, 6.45) is 1.22. The summed E-state index contributed by atoms with van der Waals surface area (Å²) in [5.74, 6) is 0. The first kappa shape index (κ1) is 6.01. The van der Waals surface area contributed by atoms with E-state index in [0.717, 1.165) is 26.2 Å². The second-order valence-corrected chi connectivity index (χ2v) is 1.96. The average Bonchev–Trinajstić information content (AvgIpc) is 1.62. The summed E-state index contributed by atoms with van der Waals surface area (Å²) in [5.41, 5.74) is 6.17. The van der Waals surface area contributed by atoms with Crippen molar-refractivity contribution in [3.8, 4) is 0 Å². The highest BCUT2D eigenvalue weighted by molar-refractivity contribution is 4.54. The molecule has 1 heterocycles. The third-order valence-electron chi connectivity index (χ3n) is 1.21. The smallest absolute Gasteiger partial charge is 0.0225 e. The summed E-state index contributed by atoms with van der Waals surface area (Å²) in [6.45, 7) is 4.33. The van der Waals surface area contributed by atoms with Gasteiger partial charge in [-0.05, 0) is 13.0 Å². The van der Waals surface area contributed by atoms with Gasteiger partial charge in [-0.2, -0.15) is 0 Å². The number of hydrogen-bond acceptors (Lipinski definition) is 3. The first-order valence-electron chi connectivity index (χ1n) is 3.16. The van der Waals surface area contributed by atoms with E-state index in [-0.39, 0.29) is 0 Å². The molecular weight excluding hydrogens is 102 g/mol. The molecule has 8 heavy (non-hydrogen) atoms. The van der Waals surface area contributed by atoms with Crippen LogP contribution in [0.2, 0.25) is 0 Å². The molecule has 3 nitrogen and oxygen atoms in total. The summed E-state index contributed by atoms with van der Waals surface area (Å²) in [4.78, 5) is 0. The Kier molecular flexibility index (Phi) is 2.88. The molecule has 1 aliphatic heterocycles. The van der Waals surface area contributed by atoms with E-state index in [9.17, 15) is 0 Å². The van der Waals surface area contributed by atoms with Crippen LogP contribution in [0.15, 0.2) is 0 Å². The summed E-state index contributed by atoms with van der Waals surface area (Å²) in [5, 5.41) is 3.28. The van der Waals surface area contributed by atoms with Crippen molar-refractivity contribution in [2.75, 3.05) is 26.2 Å². The normalized spacial score (nSPS) is 24.0. The fourth-order valence-electron chi connectivity index (χ4n) is 0.754. The Balaban J connectivity index is 2.00. The molecule has 0 radical (unpaired) electrons. The first-order valence-corrected chi connectivity index (χ1v) is 3.16. The molecule has 0 spiro atoms. The molecule has 0 atom stereocenters. The summed E-state index contributed by atoms with van der Waals surface area (Å²) < 4.78 is 0. The zero-order valence-corrected chi connectivity index (χ0v) is 5.04. The molecule has 1 rings (SSSR count). The second kappa shape index (κ2) is 3.83. The van der Waals surface area contributed by atoms with Crippen molar-refractivity contribution in [1.82, 2.24) is 16.2 Å². The van der Waals surface area contributed by atoms with Gasteiger partial charge in [-0.1, -0.05) is 0 Å². The Hall–Kier alpha value is -0.120. The van der Waals surface area contributed by atoms with Gasteiger partial charge in [0.05, 0.1) is 0 Å². The lowest BCUT2D eigenvalue weighted by atomic mass is 10.4. The van der Waals surface area contributed by atoms with E-state index >= 15 is 0 Å². The summed E-state index contributed by atoms with van der Waals surface area (Å²) in [6, 6.07) is 0. The predicted octanol–water partition coefficient (Wildman–Crippen LogP) is -0.926. The molecule has 0 saturated carbocycles. The topological polar surface area (TPSA) is 36.1 Å². The van der Waals surface area contributed by atoms with Gasteiger partial charge in [0, 0.05) is 19.6 Å². The van der Waals surface area contributed by atoms with Crippen LogP contribution in [0.5, 0.6) is 0 Å². The van der Waals surface area contributed by atoms with Crippen LogP contribution in [0.3, 0.4) is 0 Å². The van der Waals surface area contributed by atoms with E-state index < -0.39 is 0 Å². The first-order chi connectivity index (χ1) is 4.00. The maximum absolute atomic E-state index is 3.28. The second-order valence-electron chi connectivity index (χ2n) is 1.96. The third kappa shape index (κ3) is 2.26. The Labute approximate surface area is 49.8 Å². The van der Waals surface area contributed by atoms with Crippen molar-refractivity contribution in [2.24, 2.45) is 0 Å². The molecule has 0 unspecified atom stereocenters. The molecule has 48 valence electrons. The van der Waals surface area contributed by atoms with Crippen LogP contribution in [0.25, 0.3) is 0 Å². The summed E-state index contributed by atoms with van der Waals surface area (Å²) >= 11 is 0. The van der Waals surface area contributed by atoms with Gasteiger partial charge >= 0.3 is 0 Å². The molecule has 1 fully saturated rings. The Morgan fingerprint density at radius 3 is 2.62 bits per heavy atom. The molecule has 0 aliphatic carbocycles. The van der Waals surface area contributed by atoms with Crippen molar-refractivity contribution >= 4 is 0 Å². The molecule has 3 heteroatoms. The van der Waals surface area contributed by atoms with Crippen LogP contribution >= 0.6 is 0 Å². The third-order valence-corrected chi connectivity index (χ3v) is 1.21. The van der Waals surface area contributed by atoms with E-state index in [1.807, 2.05) is 0 Å². The molecule has 1 aliphatic rings. The molecule has 0 amide bonds. The standard InChI is InChI=1S/C5H13N3/c1-2-6-4-5-8-7-3-1/h6-8H,1-5H2. The highest BCUT2D eigenvalue weighted by Gasteiger charge is 1.91. The number of hydrazine groups is 1. The number of nitrogens with one attached hydrogen (secondary N) is 3. The van der Waals surface area contributed by atoms with Gasteiger partial charge in [0.25, 0.3) is 0 Å². The molecule has 0 aromatic carbocycles. The SMILES string of the molecule is C1CNCCNNC1. The quantitative estimate of drug-likeness (QED) is 0.382. The van der Waals surface area contributed by atoms with Crippen molar-refractivity contribution in [3.63, 3.8) is 0 Å². The van der Waals surface area contributed by atoms with Crippen LogP contribution in [0.4, 0.5) is 0 Å². The van der Waals surface area contributed by atoms with Crippen molar-refractivity contribution in [2.45, 2.75) is 6.42 Å². The maximum Gasteiger partial charge on any atom is 0.0225 e. The highest BCUT2D eigenvalue weighted by Crippen LogP contribution is 1.73. The van der Waals surface area contributed by atoms with Crippen molar-refractivity contribution < 1.29 is 0 Å². The lowest BCUT2D eigenvalue weighted by Crippen LogP contribution is -2.41. The Morgan fingerprint density at radius 1 is 0.750 bits per heavy atom.